The lowest BCUT2D eigenvalue weighted by Crippen LogP contribution is -2.49. The van der Waals surface area contributed by atoms with Crippen LogP contribution in [0.3, 0.4) is 0 Å². The van der Waals surface area contributed by atoms with E-state index >= 15 is 0 Å². The van der Waals surface area contributed by atoms with Crippen LogP contribution in [0.15, 0.2) is 76.5 Å². The third kappa shape index (κ3) is 5.67. The molecule has 0 atom stereocenters. The lowest BCUT2D eigenvalue weighted by molar-refractivity contribution is -0.114. The minimum atomic E-state index is -0.258. The number of benzene rings is 3. The fourth-order valence-electron chi connectivity index (χ4n) is 3.71. The molecule has 5 nitrogen and oxygen atoms in total. The standard InChI is InChI=1S/C25H23ClFN3O2S/c1-17(31)28-22-16-18(6-11-24(22)33-20-9-7-19(26)8-10-20)25(32)30-14-12-29(13-15-30)23-5-3-2-4-21(23)27/h2-11,16H,12-15H2,1H3,(H,28,31). The summed E-state index contributed by atoms with van der Waals surface area (Å²) in [5.74, 6) is -0.583. The maximum Gasteiger partial charge on any atom is 0.254 e. The highest BCUT2D eigenvalue weighted by Gasteiger charge is 2.24. The first kappa shape index (κ1) is 23.1. The van der Waals surface area contributed by atoms with Gasteiger partial charge in [0.1, 0.15) is 5.82 Å². The molecule has 1 aliphatic heterocycles. The smallest absolute Gasteiger partial charge is 0.254 e. The molecule has 2 amide bonds. The largest absolute Gasteiger partial charge is 0.366 e. The van der Waals surface area contributed by atoms with Crippen LogP contribution in [-0.4, -0.2) is 42.9 Å². The number of anilines is 2. The molecule has 1 fully saturated rings. The molecule has 3 aromatic rings. The molecule has 0 spiro atoms. The number of para-hydroxylation sites is 1. The average molecular weight is 484 g/mol. The van der Waals surface area contributed by atoms with E-state index in [-0.39, 0.29) is 17.6 Å². The number of hydrogen-bond donors (Lipinski definition) is 1. The first-order valence-corrected chi connectivity index (χ1v) is 11.7. The SMILES string of the molecule is CC(=O)Nc1cc(C(=O)N2CCN(c3ccccc3F)CC2)ccc1Sc1ccc(Cl)cc1. The molecule has 3 aromatic carbocycles. The van der Waals surface area contributed by atoms with Gasteiger partial charge in [0.2, 0.25) is 5.91 Å². The highest BCUT2D eigenvalue weighted by molar-refractivity contribution is 7.99. The molecule has 1 heterocycles. The Morgan fingerprint density at radius 2 is 1.67 bits per heavy atom. The van der Waals surface area contributed by atoms with E-state index in [2.05, 4.69) is 5.32 Å². The zero-order chi connectivity index (χ0) is 23.4. The summed E-state index contributed by atoms with van der Waals surface area (Å²) in [5, 5.41) is 3.48. The zero-order valence-electron chi connectivity index (χ0n) is 18.1. The van der Waals surface area contributed by atoms with Crippen molar-refractivity contribution in [2.45, 2.75) is 16.7 Å². The highest BCUT2D eigenvalue weighted by Crippen LogP contribution is 2.35. The third-order valence-corrected chi connectivity index (χ3v) is 6.67. The molecule has 170 valence electrons. The van der Waals surface area contributed by atoms with Crippen LogP contribution in [0.4, 0.5) is 15.8 Å². The van der Waals surface area contributed by atoms with Crippen molar-refractivity contribution in [3.63, 3.8) is 0 Å². The van der Waals surface area contributed by atoms with Crippen molar-refractivity contribution in [2.24, 2.45) is 0 Å². The van der Waals surface area contributed by atoms with E-state index in [1.54, 1.807) is 41.3 Å². The van der Waals surface area contributed by atoms with Crippen molar-refractivity contribution in [2.75, 3.05) is 36.4 Å². The van der Waals surface area contributed by atoms with Crippen molar-refractivity contribution in [1.82, 2.24) is 4.90 Å². The maximum absolute atomic E-state index is 14.1. The second kappa shape index (κ2) is 10.3. The Balaban J connectivity index is 1.49. The van der Waals surface area contributed by atoms with E-state index in [9.17, 15) is 14.0 Å². The summed E-state index contributed by atoms with van der Waals surface area (Å²) in [7, 11) is 0. The lowest BCUT2D eigenvalue weighted by atomic mass is 10.1. The number of rotatable bonds is 5. The second-order valence-corrected chi connectivity index (χ2v) is 9.23. The van der Waals surface area contributed by atoms with Crippen LogP contribution in [0, 0.1) is 5.82 Å². The number of hydrogen-bond acceptors (Lipinski definition) is 4. The summed E-state index contributed by atoms with van der Waals surface area (Å²) in [6.45, 7) is 3.52. The van der Waals surface area contributed by atoms with Crippen LogP contribution in [-0.2, 0) is 4.79 Å². The number of amides is 2. The Hall–Kier alpha value is -3.03. The first-order chi connectivity index (χ1) is 15.9. The number of halogens is 2. The molecule has 33 heavy (non-hydrogen) atoms. The Morgan fingerprint density at radius 3 is 2.33 bits per heavy atom. The molecule has 0 aromatic heterocycles. The minimum Gasteiger partial charge on any atom is -0.366 e. The Kier molecular flexibility index (Phi) is 7.20. The molecule has 0 saturated carbocycles. The second-order valence-electron chi connectivity index (χ2n) is 7.68. The van der Waals surface area contributed by atoms with Crippen LogP contribution in [0.2, 0.25) is 5.02 Å². The van der Waals surface area contributed by atoms with Crippen LogP contribution in [0.25, 0.3) is 0 Å². The highest BCUT2D eigenvalue weighted by atomic mass is 35.5. The normalized spacial score (nSPS) is 13.7. The van der Waals surface area contributed by atoms with Gasteiger partial charge in [-0.25, -0.2) is 4.39 Å². The predicted molar refractivity (Wildman–Crippen MR) is 131 cm³/mol. The van der Waals surface area contributed by atoms with Gasteiger partial charge in [0, 0.05) is 53.5 Å². The maximum atomic E-state index is 14.1. The van der Waals surface area contributed by atoms with E-state index in [1.807, 2.05) is 29.2 Å². The molecule has 0 aliphatic carbocycles. The van der Waals surface area contributed by atoms with Crippen LogP contribution >= 0.6 is 23.4 Å². The number of carbonyl (C=O) groups is 2. The quantitative estimate of drug-likeness (QED) is 0.517. The van der Waals surface area contributed by atoms with Crippen LogP contribution in [0.1, 0.15) is 17.3 Å². The molecule has 1 saturated heterocycles. The summed E-state index contributed by atoms with van der Waals surface area (Å²) in [4.78, 5) is 30.4. The average Bonchev–Trinajstić information content (AvgIpc) is 2.81. The van der Waals surface area contributed by atoms with Gasteiger partial charge in [0.05, 0.1) is 11.4 Å². The molecule has 1 N–H and O–H groups in total. The zero-order valence-corrected chi connectivity index (χ0v) is 19.6. The molecule has 0 bridgehead atoms. The minimum absolute atomic E-state index is 0.113. The van der Waals surface area contributed by atoms with Gasteiger partial charge in [-0.3, -0.25) is 9.59 Å². The fourth-order valence-corrected chi connectivity index (χ4v) is 4.72. The molecule has 1 aliphatic rings. The third-order valence-electron chi connectivity index (χ3n) is 5.34. The van der Waals surface area contributed by atoms with Gasteiger partial charge in [-0.15, -0.1) is 0 Å². The number of carbonyl (C=O) groups excluding carboxylic acids is 2. The predicted octanol–water partition coefficient (Wildman–Crippen LogP) is 5.55. The first-order valence-electron chi connectivity index (χ1n) is 10.5. The van der Waals surface area contributed by atoms with E-state index in [1.165, 1.54) is 24.8 Å². The van der Waals surface area contributed by atoms with E-state index in [0.29, 0.717) is 48.1 Å². The Labute approximate surface area is 201 Å². The molecule has 8 heteroatoms. The molecular formula is C25H23ClFN3O2S. The van der Waals surface area contributed by atoms with Crippen LogP contribution < -0.4 is 10.2 Å². The summed E-state index contributed by atoms with van der Waals surface area (Å²) in [6, 6.07) is 19.4. The van der Waals surface area contributed by atoms with Gasteiger partial charge in [-0.05, 0) is 54.6 Å². The van der Waals surface area contributed by atoms with Gasteiger partial charge in [-0.2, -0.15) is 0 Å². The van der Waals surface area contributed by atoms with Gasteiger partial charge in [0.25, 0.3) is 5.91 Å². The number of nitrogens with one attached hydrogen (secondary N) is 1. The topological polar surface area (TPSA) is 52.7 Å². The van der Waals surface area contributed by atoms with Crippen molar-refractivity contribution in [1.29, 1.82) is 0 Å². The summed E-state index contributed by atoms with van der Waals surface area (Å²) in [5.41, 5.74) is 1.64. The van der Waals surface area contributed by atoms with Crippen LogP contribution in [0.5, 0.6) is 0 Å². The fraction of sp³-hybridized carbons (Fsp3) is 0.200. The number of nitrogens with zero attached hydrogens (tertiary/aromatic N) is 2. The van der Waals surface area contributed by atoms with Gasteiger partial charge in [0.15, 0.2) is 0 Å². The van der Waals surface area contributed by atoms with E-state index < -0.39 is 0 Å². The van der Waals surface area contributed by atoms with Gasteiger partial charge in [-0.1, -0.05) is 35.5 Å². The summed E-state index contributed by atoms with van der Waals surface area (Å²) < 4.78 is 14.1. The lowest BCUT2D eigenvalue weighted by Gasteiger charge is -2.36. The van der Waals surface area contributed by atoms with Crippen molar-refractivity contribution >= 4 is 46.6 Å². The van der Waals surface area contributed by atoms with Crippen molar-refractivity contribution < 1.29 is 14.0 Å². The molecule has 0 unspecified atom stereocenters. The monoisotopic (exact) mass is 483 g/mol. The van der Waals surface area contributed by atoms with E-state index in [4.69, 9.17) is 11.6 Å². The van der Waals surface area contributed by atoms with Crippen molar-refractivity contribution in [3.05, 3.63) is 83.1 Å². The summed E-state index contributed by atoms with van der Waals surface area (Å²) >= 11 is 7.45. The summed E-state index contributed by atoms with van der Waals surface area (Å²) in [6.07, 6.45) is 0. The Morgan fingerprint density at radius 1 is 0.970 bits per heavy atom. The molecular weight excluding hydrogens is 461 g/mol. The van der Waals surface area contributed by atoms with Crippen molar-refractivity contribution in [3.8, 4) is 0 Å². The number of piperazine rings is 1. The molecule has 4 rings (SSSR count). The van der Waals surface area contributed by atoms with E-state index in [0.717, 1.165) is 9.79 Å². The molecule has 0 radical (unpaired) electrons. The Bertz CT molecular complexity index is 1160. The van der Waals surface area contributed by atoms with Gasteiger partial charge < -0.3 is 15.1 Å². The van der Waals surface area contributed by atoms with Gasteiger partial charge >= 0.3 is 0 Å².